The van der Waals surface area contributed by atoms with Crippen molar-refractivity contribution in [2.45, 2.75) is 6.92 Å². The van der Waals surface area contributed by atoms with Gasteiger partial charge >= 0.3 is 5.97 Å². The maximum absolute atomic E-state index is 12.6. The van der Waals surface area contributed by atoms with E-state index in [0.29, 0.717) is 12.3 Å². The van der Waals surface area contributed by atoms with Gasteiger partial charge in [-0.25, -0.2) is 4.79 Å². The third kappa shape index (κ3) is 3.25. The van der Waals surface area contributed by atoms with Crippen LogP contribution in [0.15, 0.2) is 78.9 Å². The normalized spacial score (nSPS) is 10.8. The van der Waals surface area contributed by atoms with Crippen molar-refractivity contribution in [3.8, 4) is 33.8 Å². The monoisotopic (exact) mass is 370 g/mol. The molecule has 0 aliphatic heterocycles. The van der Waals surface area contributed by atoms with Crippen LogP contribution in [0, 0.1) is 0 Å². The molecule has 0 saturated heterocycles. The Morgan fingerprint density at radius 3 is 2.14 bits per heavy atom. The lowest BCUT2D eigenvalue weighted by Crippen LogP contribution is -2.07. The summed E-state index contributed by atoms with van der Waals surface area (Å²) in [5, 5.41) is 0. The molecule has 1 N–H and O–H groups in total. The molecule has 2 aromatic carbocycles. The number of nitrogens with one attached hydrogen (secondary N) is 1. The van der Waals surface area contributed by atoms with Gasteiger partial charge in [0.05, 0.1) is 12.3 Å². The fraction of sp³-hybridized carbons (Fsp3) is 0.125. The molecule has 0 aliphatic carbocycles. The second-order valence-corrected chi connectivity index (χ2v) is 6.59. The average Bonchev–Trinajstić information content (AvgIpc) is 3.33. The molecule has 4 heteroatoms. The molecule has 0 spiro atoms. The fourth-order valence-electron chi connectivity index (χ4n) is 3.47. The van der Waals surface area contributed by atoms with Gasteiger partial charge in [0, 0.05) is 24.0 Å². The zero-order valence-corrected chi connectivity index (χ0v) is 16.0. The van der Waals surface area contributed by atoms with Crippen molar-refractivity contribution >= 4 is 5.97 Å². The molecule has 2 heterocycles. The van der Waals surface area contributed by atoms with Crippen LogP contribution >= 0.6 is 0 Å². The standard InChI is InChI=1S/C24H22N2O2/c1-3-28-24(27)23-19(16-20(25-23)17-10-6-4-7-11-17)22-15-14-21(26(22)2)18-12-8-5-9-13-18/h4-16,25H,3H2,1-2H3. The summed E-state index contributed by atoms with van der Waals surface area (Å²) in [6.07, 6.45) is 0. The molecule has 28 heavy (non-hydrogen) atoms. The number of esters is 1. The number of nitrogens with zero attached hydrogens (tertiary/aromatic N) is 1. The highest BCUT2D eigenvalue weighted by molar-refractivity contribution is 5.97. The van der Waals surface area contributed by atoms with Crippen LogP contribution in [0.4, 0.5) is 0 Å². The van der Waals surface area contributed by atoms with Gasteiger partial charge in [0.2, 0.25) is 0 Å². The number of benzene rings is 2. The van der Waals surface area contributed by atoms with Gasteiger partial charge in [-0.15, -0.1) is 0 Å². The van der Waals surface area contributed by atoms with E-state index < -0.39 is 0 Å². The summed E-state index contributed by atoms with van der Waals surface area (Å²) in [6.45, 7) is 2.15. The Morgan fingerprint density at radius 1 is 0.893 bits per heavy atom. The predicted octanol–water partition coefficient (Wildman–Crippen LogP) is 5.53. The van der Waals surface area contributed by atoms with Crippen molar-refractivity contribution < 1.29 is 9.53 Å². The molecule has 4 rings (SSSR count). The van der Waals surface area contributed by atoms with Crippen LogP contribution < -0.4 is 0 Å². The van der Waals surface area contributed by atoms with E-state index in [0.717, 1.165) is 33.8 Å². The zero-order chi connectivity index (χ0) is 19.5. The van der Waals surface area contributed by atoms with Crippen LogP contribution in [0.3, 0.4) is 0 Å². The highest BCUT2D eigenvalue weighted by Gasteiger charge is 2.21. The number of ether oxygens (including phenoxy) is 1. The van der Waals surface area contributed by atoms with Gasteiger partial charge in [-0.1, -0.05) is 60.7 Å². The summed E-state index contributed by atoms with van der Waals surface area (Å²) < 4.78 is 7.40. The Kier molecular flexibility index (Phi) is 4.85. The Bertz CT molecular complexity index is 1090. The third-order valence-electron chi connectivity index (χ3n) is 4.85. The lowest BCUT2D eigenvalue weighted by molar-refractivity contribution is 0.0521. The van der Waals surface area contributed by atoms with Gasteiger partial charge in [-0.2, -0.15) is 0 Å². The van der Waals surface area contributed by atoms with Gasteiger partial charge in [0.15, 0.2) is 0 Å². The van der Waals surface area contributed by atoms with Crippen LogP contribution in [-0.2, 0) is 11.8 Å². The molecule has 140 valence electrons. The summed E-state index contributed by atoms with van der Waals surface area (Å²) in [5.74, 6) is -0.345. The predicted molar refractivity (Wildman–Crippen MR) is 112 cm³/mol. The second kappa shape index (κ2) is 7.61. The molecular weight excluding hydrogens is 348 g/mol. The second-order valence-electron chi connectivity index (χ2n) is 6.59. The summed E-state index contributed by atoms with van der Waals surface area (Å²) in [4.78, 5) is 15.9. The number of H-pyrrole nitrogens is 1. The summed E-state index contributed by atoms with van der Waals surface area (Å²) >= 11 is 0. The summed E-state index contributed by atoms with van der Waals surface area (Å²) in [7, 11) is 2.02. The molecule has 4 nitrogen and oxygen atoms in total. The van der Waals surface area contributed by atoms with E-state index in [1.807, 2.05) is 74.6 Å². The van der Waals surface area contributed by atoms with Crippen molar-refractivity contribution in [1.29, 1.82) is 0 Å². The molecule has 4 aromatic rings. The maximum Gasteiger partial charge on any atom is 0.355 e. The van der Waals surface area contributed by atoms with Gasteiger partial charge in [-0.05, 0) is 36.2 Å². The third-order valence-corrected chi connectivity index (χ3v) is 4.85. The minimum atomic E-state index is -0.345. The minimum Gasteiger partial charge on any atom is -0.461 e. The Morgan fingerprint density at radius 2 is 1.50 bits per heavy atom. The molecule has 0 unspecified atom stereocenters. The molecular formula is C24H22N2O2. The van der Waals surface area contributed by atoms with Crippen LogP contribution in [0.1, 0.15) is 17.4 Å². The highest BCUT2D eigenvalue weighted by atomic mass is 16.5. The minimum absolute atomic E-state index is 0.334. The number of carbonyl (C=O) groups is 1. The number of aromatic amines is 1. The fourth-order valence-corrected chi connectivity index (χ4v) is 3.47. The molecule has 0 atom stereocenters. The van der Waals surface area contributed by atoms with Crippen LogP contribution in [0.2, 0.25) is 0 Å². The highest BCUT2D eigenvalue weighted by Crippen LogP contribution is 2.33. The average molecular weight is 370 g/mol. The van der Waals surface area contributed by atoms with Gasteiger partial charge in [-0.3, -0.25) is 0 Å². The first-order chi connectivity index (χ1) is 13.7. The van der Waals surface area contributed by atoms with Gasteiger partial charge in [0.25, 0.3) is 0 Å². The zero-order valence-electron chi connectivity index (χ0n) is 16.0. The van der Waals surface area contributed by atoms with Crippen molar-refractivity contribution in [3.05, 3.63) is 84.6 Å². The van der Waals surface area contributed by atoms with E-state index in [1.54, 1.807) is 0 Å². The van der Waals surface area contributed by atoms with E-state index in [2.05, 4.69) is 27.8 Å². The van der Waals surface area contributed by atoms with E-state index in [9.17, 15) is 4.79 Å². The van der Waals surface area contributed by atoms with Gasteiger partial charge in [0.1, 0.15) is 5.69 Å². The van der Waals surface area contributed by atoms with E-state index in [4.69, 9.17) is 4.74 Å². The SMILES string of the molecule is CCOC(=O)c1[nH]c(-c2ccccc2)cc1-c1ccc(-c2ccccc2)n1C. The summed E-state index contributed by atoms with van der Waals surface area (Å²) in [6, 6.07) is 26.3. The molecule has 0 aliphatic rings. The Hall–Kier alpha value is -3.53. The van der Waals surface area contributed by atoms with E-state index in [-0.39, 0.29) is 5.97 Å². The molecule has 0 radical (unpaired) electrons. The van der Waals surface area contributed by atoms with Crippen molar-refractivity contribution in [3.63, 3.8) is 0 Å². The first-order valence-electron chi connectivity index (χ1n) is 9.36. The largest absolute Gasteiger partial charge is 0.461 e. The molecule has 0 fully saturated rings. The number of hydrogen-bond acceptors (Lipinski definition) is 2. The number of hydrogen-bond donors (Lipinski definition) is 1. The topological polar surface area (TPSA) is 47.0 Å². The quantitative estimate of drug-likeness (QED) is 0.470. The molecule has 0 amide bonds. The van der Waals surface area contributed by atoms with Crippen molar-refractivity contribution in [1.82, 2.24) is 9.55 Å². The summed E-state index contributed by atoms with van der Waals surface area (Å²) in [5.41, 5.74) is 6.40. The molecule has 0 bridgehead atoms. The van der Waals surface area contributed by atoms with Crippen molar-refractivity contribution in [2.24, 2.45) is 7.05 Å². The van der Waals surface area contributed by atoms with Crippen LogP contribution in [0.5, 0.6) is 0 Å². The molecule has 0 saturated carbocycles. The van der Waals surface area contributed by atoms with Crippen LogP contribution in [0.25, 0.3) is 33.8 Å². The maximum atomic E-state index is 12.6. The lowest BCUT2D eigenvalue weighted by Gasteiger charge is -2.09. The van der Waals surface area contributed by atoms with Crippen molar-refractivity contribution in [2.75, 3.05) is 6.61 Å². The van der Waals surface area contributed by atoms with Crippen LogP contribution in [-0.4, -0.2) is 22.1 Å². The first-order valence-corrected chi connectivity index (χ1v) is 9.36. The van der Waals surface area contributed by atoms with Gasteiger partial charge < -0.3 is 14.3 Å². The Labute approximate surface area is 164 Å². The number of aromatic nitrogens is 2. The number of rotatable bonds is 5. The lowest BCUT2D eigenvalue weighted by atomic mass is 10.1. The smallest absolute Gasteiger partial charge is 0.355 e. The Balaban J connectivity index is 1.84. The van der Waals surface area contributed by atoms with E-state index in [1.165, 1.54) is 0 Å². The van der Waals surface area contributed by atoms with E-state index >= 15 is 0 Å². The number of carbonyl (C=O) groups excluding carboxylic acids is 1. The molecule has 2 aromatic heterocycles. The first kappa shape index (κ1) is 17.9.